The van der Waals surface area contributed by atoms with Crippen LogP contribution in [0, 0.1) is 0 Å². The van der Waals surface area contributed by atoms with Gasteiger partial charge < -0.3 is 0 Å². The lowest BCUT2D eigenvalue weighted by Gasteiger charge is -1.86. The van der Waals surface area contributed by atoms with Gasteiger partial charge in [-0.25, -0.2) is 5.43 Å². The molecule has 1 N–H and O–H groups in total. The molecule has 0 saturated heterocycles. The van der Waals surface area contributed by atoms with Crippen LogP contribution in [0.3, 0.4) is 0 Å². The normalized spacial score (nSPS) is 8.40. The van der Waals surface area contributed by atoms with Gasteiger partial charge in [0, 0.05) is 13.6 Å². The smallest absolute Gasteiger partial charge is 0.0190 e. The second-order valence-corrected chi connectivity index (χ2v) is 0.735. The Bertz CT molecular complexity index is 12.4. The van der Waals surface area contributed by atoms with Crippen LogP contribution >= 0.6 is 0 Å². The minimum absolute atomic E-state index is 0.927. The van der Waals surface area contributed by atoms with Crippen molar-refractivity contribution < 1.29 is 0 Å². The van der Waals surface area contributed by atoms with E-state index in [4.69, 9.17) is 0 Å². The Morgan fingerprint density at radius 3 is 2.40 bits per heavy atom. The van der Waals surface area contributed by atoms with Gasteiger partial charge in [0.2, 0.25) is 0 Å². The van der Waals surface area contributed by atoms with Gasteiger partial charge in [-0.15, -0.1) is 0 Å². The van der Waals surface area contributed by atoms with Crippen LogP contribution in [0.2, 0.25) is 0 Å². The summed E-state index contributed by atoms with van der Waals surface area (Å²) in [6.45, 7) is 2.93. The molecule has 0 atom stereocenters. The zero-order valence-electron chi connectivity index (χ0n) is 3.65. The molecule has 0 saturated carbocycles. The standard InChI is InChI=1S/C3H9N2/c1-3-5-4-2/h5H,3H2,1-2H3. The van der Waals surface area contributed by atoms with Crippen LogP contribution in [0.15, 0.2) is 0 Å². The van der Waals surface area contributed by atoms with Crippen LogP contribution in [0.1, 0.15) is 6.92 Å². The Morgan fingerprint density at radius 1 is 1.80 bits per heavy atom. The molecule has 0 aliphatic rings. The average Bonchev–Trinajstić information content (AvgIpc) is 1.41. The number of hydrogen-bond acceptors (Lipinski definition) is 1. The van der Waals surface area contributed by atoms with E-state index in [1.807, 2.05) is 6.92 Å². The molecular formula is C3H9N2. The summed E-state index contributed by atoms with van der Waals surface area (Å²) in [4.78, 5) is 0. The van der Waals surface area contributed by atoms with Crippen LogP contribution in [-0.2, 0) is 0 Å². The summed E-state index contributed by atoms with van der Waals surface area (Å²) in [6.07, 6.45) is 0. The molecule has 2 heteroatoms. The Hall–Kier alpha value is -0.0800. The van der Waals surface area contributed by atoms with Crippen LogP contribution in [0.5, 0.6) is 0 Å². The molecule has 0 heterocycles. The maximum absolute atomic E-state index is 3.60. The van der Waals surface area contributed by atoms with Crippen LogP contribution in [-0.4, -0.2) is 13.6 Å². The molecule has 0 fully saturated rings. The van der Waals surface area contributed by atoms with Crippen molar-refractivity contribution in [1.82, 2.24) is 10.9 Å². The SMILES string of the molecule is CCN[N]C. The number of nitrogens with zero attached hydrogens (tertiary/aromatic N) is 1. The second-order valence-electron chi connectivity index (χ2n) is 0.735. The molecule has 0 spiro atoms. The highest BCUT2D eigenvalue weighted by Crippen LogP contribution is 1.39. The Labute approximate surface area is 32.5 Å². The summed E-state index contributed by atoms with van der Waals surface area (Å²) >= 11 is 0. The lowest BCUT2D eigenvalue weighted by molar-refractivity contribution is 0.610. The quantitative estimate of drug-likeness (QED) is 0.448. The summed E-state index contributed by atoms with van der Waals surface area (Å²) < 4.78 is 0. The van der Waals surface area contributed by atoms with Crippen molar-refractivity contribution >= 4 is 0 Å². The summed E-state index contributed by atoms with van der Waals surface area (Å²) in [6, 6.07) is 0. The highest BCUT2D eigenvalue weighted by atomic mass is 15.3. The fourth-order valence-corrected chi connectivity index (χ4v) is 0.158. The van der Waals surface area contributed by atoms with Crippen molar-refractivity contribution in [3.63, 3.8) is 0 Å². The topological polar surface area (TPSA) is 26.1 Å². The van der Waals surface area contributed by atoms with Gasteiger partial charge >= 0.3 is 0 Å². The molecule has 1 radical (unpaired) electrons. The fraction of sp³-hybridized carbons (Fsp3) is 1.00. The molecule has 5 heavy (non-hydrogen) atoms. The zero-order chi connectivity index (χ0) is 4.12. The van der Waals surface area contributed by atoms with Gasteiger partial charge in [-0.3, -0.25) is 0 Å². The fourth-order valence-electron chi connectivity index (χ4n) is 0.158. The Kier molecular flexibility index (Phi) is 3.86. The summed E-state index contributed by atoms with van der Waals surface area (Å²) in [5.41, 5.74) is 6.34. The lowest BCUT2D eigenvalue weighted by Crippen LogP contribution is -2.19. The number of nitrogens with one attached hydrogen (secondary N) is 1. The highest BCUT2D eigenvalue weighted by Gasteiger charge is 1.62. The van der Waals surface area contributed by atoms with E-state index in [0.29, 0.717) is 0 Å². The van der Waals surface area contributed by atoms with Gasteiger partial charge in [-0.2, -0.15) is 5.43 Å². The first-order valence-electron chi connectivity index (χ1n) is 1.73. The first-order valence-corrected chi connectivity index (χ1v) is 1.73. The molecule has 2 nitrogen and oxygen atoms in total. The first-order chi connectivity index (χ1) is 2.41. The van der Waals surface area contributed by atoms with E-state index in [0.717, 1.165) is 6.54 Å². The summed E-state index contributed by atoms with van der Waals surface area (Å²) in [7, 11) is 1.73. The van der Waals surface area contributed by atoms with Crippen LogP contribution < -0.4 is 10.9 Å². The number of rotatable bonds is 2. The predicted octanol–water partition coefficient (Wildman–Crippen LogP) is -0.255. The van der Waals surface area contributed by atoms with E-state index in [1.165, 1.54) is 0 Å². The molecule has 31 valence electrons. The summed E-state index contributed by atoms with van der Waals surface area (Å²) in [5.74, 6) is 0. The van der Waals surface area contributed by atoms with Crippen LogP contribution in [0.25, 0.3) is 0 Å². The predicted molar refractivity (Wildman–Crippen MR) is 21.7 cm³/mol. The van der Waals surface area contributed by atoms with Gasteiger partial charge in [0.05, 0.1) is 0 Å². The van der Waals surface area contributed by atoms with E-state index in [9.17, 15) is 0 Å². The van der Waals surface area contributed by atoms with Crippen molar-refractivity contribution in [2.45, 2.75) is 6.92 Å². The molecule has 0 amide bonds. The summed E-state index contributed by atoms with van der Waals surface area (Å²) in [5, 5.41) is 0. The molecule has 0 rings (SSSR count). The average molecular weight is 73.1 g/mol. The van der Waals surface area contributed by atoms with Crippen molar-refractivity contribution in [3.05, 3.63) is 0 Å². The third-order valence-electron chi connectivity index (χ3n) is 0.316. The van der Waals surface area contributed by atoms with E-state index < -0.39 is 0 Å². The molecule has 0 bridgehead atoms. The largest absolute Gasteiger partial charge is 0.241 e. The molecular weight excluding hydrogens is 64.0 g/mol. The molecule has 0 aliphatic carbocycles. The first kappa shape index (κ1) is 4.92. The van der Waals surface area contributed by atoms with Gasteiger partial charge in [-0.05, 0) is 0 Å². The van der Waals surface area contributed by atoms with Crippen molar-refractivity contribution in [2.75, 3.05) is 13.6 Å². The maximum Gasteiger partial charge on any atom is 0.0190 e. The minimum atomic E-state index is 0.927. The number of hydrogen-bond donors (Lipinski definition) is 1. The van der Waals surface area contributed by atoms with E-state index in [1.54, 1.807) is 7.05 Å². The molecule has 0 unspecified atom stereocenters. The zero-order valence-corrected chi connectivity index (χ0v) is 3.65. The van der Waals surface area contributed by atoms with Gasteiger partial charge in [0.15, 0.2) is 0 Å². The second kappa shape index (κ2) is 3.92. The van der Waals surface area contributed by atoms with Gasteiger partial charge in [-0.1, -0.05) is 6.92 Å². The van der Waals surface area contributed by atoms with Crippen molar-refractivity contribution in [2.24, 2.45) is 0 Å². The lowest BCUT2D eigenvalue weighted by atomic mass is 10.8. The van der Waals surface area contributed by atoms with Crippen molar-refractivity contribution in [3.8, 4) is 0 Å². The monoisotopic (exact) mass is 73.1 g/mol. The minimum Gasteiger partial charge on any atom is -0.241 e. The third-order valence-corrected chi connectivity index (χ3v) is 0.316. The molecule has 0 aromatic heterocycles. The Balaban J connectivity index is 2.19. The van der Waals surface area contributed by atoms with Gasteiger partial charge in [0.25, 0.3) is 0 Å². The third kappa shape index (κ3) is 3.92. The van der Waals surface area contributed by atoms with E-state index >= 15 is 0 Å². The van der Waals surface area contributed by atoms with Crippen LogP contribution in [0.4, 0.5) is 0 Å². The van der Waals surface area contributed by atoms with Gasteiger partial charge in [0.1, 0.15) is 0 Å². The molecule has 0 aromatic rings. The van der Waals surface area contributed by atoms with E-state index in [-0.39, 0.29) is 0 Å². The molecule has 0 aliphatic heterocycles. The Morgan fingerprint density at radius 2 is 2.40 bits per heavy atom. The molecule has 0 aromatic carbocycles. The highest BCUT2D eigenvalue weighted by molar-refractivity contribution is 4.17. The van der Waals surface area contributed by atoms with Crippen molar-refractivity contribution in [1.29, 1.82) is 0 Å². The maximum atomic E-state index is 3.60. The van der Waals surface area contributed by atoms with E-state index in [2.05, 4.69) is 10.9 Å².